The van der Waals surface area contributed by atoms with Crippen molar-refractivity contribution in [2.45, 2.75) is 6.42 Å². The Morgan fingerprint density at radius 3 is 2.79 bits per heavy atom. The first-order chi connectivity index (χ1) is 13.6. The Morgan fingerprint density at radius 1 is 1.14 bits per heavy atom. The third-order valence-electron chi connectivity index (χ3n) is 4.74. The van der Waals surface area contributed by atoms with Crippen LogP contribution < -0.4 is 10.9 Å². The predicted molar refractivity (Wildman–Crippen MR) is 106 cm³/mol. The van der Waals surface area contributed by atoms with E-state index >= 15 is 0 Å². The van der Waals surface area contributed by atoms with Gasteiger partial charge >= 0.3 is 5.97 Å². The average molecular weight is 379 g/mol. The number of esters is 1. The number of halogens is 1. The number of pyridine rings is 1. The van der Waals surface area contributed by atoms with Crippen LogP contribution >= 0.6 is 0 Å². The molecule has 0 aliphatic carbocycles. The van der Waals surface area contributed by atoms with Gasteiger partial charge in [0.15, 0.2) is 0 Å². The lowest BCUT2D eigenvalue weighted by atomic mass is 10.1. The first-order valence-electron chi connectivity index (χ1n) is 8.81. The van der Waals surface area contributed by atoms with Gasteiger partial charge < -0.3 is 20.0 Å². The minimum Gasteiger partial charge on any atom is -0.465 e. The number of carbonyl (C=O) groups is 1. The molecule has 0 spiro atoms. The molecule has 0 amide bonds. The van der Waals surface area contributed by atoms with E-state index in [9.17, 15) is 14.0 Å². The Balaban J connectivity index is 1.71. The van der Waals surface area contributed by atoms with Gasteiger partial charge in [0.05, 0.1) is 18.3 Å². The number of benzene rings is 2. The Labute approximate surface area is 159 Å². The molecule has 28 heavy (non-hydrogen) atoms. The topological polar surface area (TPSA) is 87.0 Å². The third-order valence-corrected chi connectivity index (χ3v) is 4.74. The summed E-state index contributed by atoms with van der Waals surface area (Å²) >= 11 is 0. The van der Waals surface area contributed by atoms with Gasteiger partial charge in [-0.3, -0.25) is 4.79 Å². The molecule has 0 saturated heterocycles. The maximum atomic E-state index is 13.8. The van der Waals surface area contributed by atoms with Crippen LogP contribution in [-0.2, 0) is 11.2 Å². The van der Waals surface area contributed by atoms with Crippen molar-refractivity contribution < 1.29 is 13.9 Å². The molecule has 3 N–H and O–H groups in total. The van der Waals surface area contributed by atoms with E-state index in [1.54, 1.807) is 0 Å². The van der Waals surface area contributed by atoms with Crippen molar-refractivity contribution in [2.75, 3.05) is 19.0 Å². The maximum absolute atomic E-state index is 13.8. The fraction of sp³-hybridized carbons (Fsp3) is 0.143. The van der Waals surface area contributed by atoms with E-state index in [1.165, 1.54) is 25.3 Å². The monoisotopic (exact) mass is 379 g/mol. The summed E-state index contributed by atoms with van der Waals surface area (Å²) in [7, 11) is 1.20. The molecule has 0 bridgehead atoms. The second-order valence-corrected chi connectivity index (χ2v) is 6.42. The maximum Gasteiger partial charge on any atom is 0.345 e. The Hall–Kier alpha value is -3.61. The van der Waals surface area contributed by atoms with Crippen molar-refractivity contribution in [1.82, 2.24) is 9.97 Å². The largest absolute Gasteiger partial charge is 0.465 e. The van der Waals surface area contributed by atoms with E-state index in [4.69, 9.17) is 4.74 Å². The summed E-state index contributed by atoms with van der Waals surface area (Å²) in [6.07, 6.45) is 2.58. The van der Waals surface area contributed by atoms with Crippen LogP contribution in [0.1, 0.15) is 15.9 Å². The molecule has 142 valence electrons. The fourth-order valence-corrected chi connectivity index (χ4v) is 3.41. The standard InChI is InChI=1S/C21H18FN3O3/c1-28-21(27)18-19(15-10-13(22)6-7-17(15)25-20(18)26)23-9-8-12-11-24-16-5-3-2-4-14(12)16/h2-7,10-11,24H,8-9H2,1H3,(H2,23,25,26). The number of hydrogen-bond donors (Lipinski definition) is 3. The van der Waals surface area contributed by atoms with E-state index in [-0.39, 0.29) is 11.3 Å². The number of aromatic nitrogens is 2. The van der Waals surface area contributed by atoms with Crippen LogP contribution in [0.25, 0.3) is 21.8 Å². The van der Waals surface area contributed by atoms with Crippen LogP contribution in [0.3, 0.4) is 0 Å². The van der Waals surface area contributed by atoms with Gasteiger partial charge in [-0.15, -0.1) is 0 Å². The van der Waals surface area contributed by atoms with Crippen molar-refractivity contribution in [3.05, 3.63) is 76.0 Å². The van der Waals surface area contributed by atoms with E-state index < -0.39 is 17.3 Å². The van der Waals surface area contributed by atoms with Gasteiger partial charge in [-0.25, -0.2) is 9.18 Å². The van der Waals surface area contributed by atoms with Gasteiger partial charge in [0.1, 0.15) is 11.4 Å². The Bertz CT molecular complexity index is 1240. The summed E-state index contributed by atoms with van der Waals surface area (Å²) in [5, 5.41) is 4.67. The summed E-state index contributed by atoms with van der Waals surface area (Å²) in [6, 6.07) is 12.0. The number of H-pyrrole nitrogens is 2. The van der Waals surface area contributed by atoms with Crippen LogP contribution in [-0.4, -0.2) is 29.6 Å². The molecule has 0 saturated carbocycles. The quantitative estimate of drug-likeness (QED) is 0.463. The molecule has 0 unspecified atom stereocenters. The number of carbonyl (C=O) groups excluding carboxylic acids is 1. The lowest BCUT2D eigenvalue weighted by Gasteiger charge is -2.13. The molecule has 0 aliphatic rings. The van der Waals surface area contributed by atoms with Crippen LogP contribution in [0.15, 0.2) is 53.5 Å². The van der Waals surface area contributed by atoms with Crippen LogP contribution in [0, 0.1) is 5.82 Å². The van der Waals surface area contributed by atoms with Gasteiger partial charge in [0, 0.05) is 29.0 Å². The lowest BCUT2D eigenvalue weighted by Crippen LogP contribution is -2.23. The summed E-state index contributed by atoms with van der Waals surface area (Å²) < 4.78 is 18.6. The number of nitrogens with one attached hydrogen (secondary N) is 3. The first kappa shape index (κ1) is 17.8. The van der Waals surface area contributed by atoms with E-state index in [2.05, 4.69) is 15.3 Å². The Kier molecular flexibility index (Phi) is 4.57. The molecular formula is C21H18FN3O3. The highest BCUT2D eigenvalue weighted by atomic mass is 19.1. The highest BCUT2D eigenvalue weighted by molar-refractivity contribution is 6.04. The van der Waals surface area contributed by atoms with Crippen LogP contribution in [0.2, 0.25) is 0 Å². The molecule has 2 aromatic heterocycles. The zero-order chi connectivity index (χ0) is 19.7. The fourth-order valence-electron chi connectivity index (χ4n) is 3.41. The number of rotatable bonds is 5. The Morgan fingerprint density at radius 2 is 1.96 bits per heavy atom. The lowest BCUT2D eigenvalue weighted by molar-refractivity contribution is 0.0600. The van der Waals surface area contributed by atoms with E-state index in [0.29, 0.717) is 23.9 Å². The molecule has 0 aliphatic heterocycles. The van der Waals surface area contributed by atoms with Crippen molar-refractivity contribution in [3.8, 4) is 0 Å². The normalized spacial score (nSPS) is 11.1. The molecule has 0 atom stereocenters. The number of anilines is 1. The van der Waals surface area contributed by atoms with Gasteiger partial charge in [-0.2, -0.15) is 0 Å². The predicted octanol–water partition coefficient (Wildman–Crippen LogP) is 3.59. The molecule has 0 fully saturated rings. The van der Waals surface area contributed by atoms with Crippen molar-refractivity contribution in [2.24, 2.45) is 0 Å². The van der Waals surface area contributed by atoms with Crippen molar-refractivity contribution in [3.63, 3.8) is 0 Å². The summed E-state index contributed by atoms with van der Waals surface area (Å²) in [5.74, 6) is -1.24. The highest BCUT2D eigenvalue weighted by Crippen LogP contribution is 2.26. The molecular weight excluding hydrogens is 361 g/mol. The highest BCUT2D eigenvalue weighted by Gasteiger charge is 2.20. The second-order valence-electron chi connectivity index (χ2n) is 6.42. The van der Waals surface area contributed by atoms with Crippen LogP contribution in [0.4, 0.5) is 10.1 Å². The summed E-state index contributed by atoms with van der Waals surface area (Å²) in [4.78, 5) is 30.4. The second kappa shape index (κ2) is 7.19. The van der Waals surface area contributed by atoms with E-state index in [0.717, 1.165) is 16.5 Å². The molecule has 7 heteroatoms. The van der Waals surface area contributed by atoms with Gasteiger partial charge in [0.2, 0.25) is 0 Å². The zero-order valence-corrected chi connectivity index (χ0v) is 15.1. The molecule has 0 radical (unpaired) electrons. The smallest absolute Gasteiger partial charge is 0.345 e. The molecule has 2 aromatic carbocycles. The number of hydrogen-bond acceptors (Lipinski definition) is 4. The molecule has 4 rings (SSSR count). The summed E-state index contributed by atoms with van der Waals surface area (Å²) in [6.45, 7) is 0.445. The molecule has 4 aromatic rings. The van der Waals surface area contributed by atoms with Gasteiger partial charge in [-0.1, -0.05) is 18.2 Å². The molecule has 6 nitrogen and oxygen atoms in total. The van der Waals surface area contributed by atoms with E-state index in [1.807, 2.05) is 30.5 Å². The number of methoxy groups -OCH3 is 1. The SMILES string of the molecule is COC(=O)c1c(NCCc2c[nH]c3ccccc23)c2cc(F)ccc2[nH]c1=O. The first-order valence-corrected chi connectivity index (χ1v) is 8.81. The van der Waals surface area contributed by atoms with Crippen molar-refractivity contribution in [1.29, 1.82) is 0 Å². The van der Waals surface area contributed by atoms with Crippen LogP contribution in [0.5, 0.6) is 0 Å². The minimum absolute atomic E-state index is 0.167. The number of fused-ring (bicyclic) bond motifs is 2. The average Bonchev–Trinajstić information content (AvgIpc) is 3.11. The summed E-state index contributed by atoms with van der Waals surface area (Å²) in [5.41, 5.74) is 2.10. The van der Waals surface area contributed by atoms with Gasteiger partial charge in [0.25, 0.3) is 5.56 Å². The number of aromatic amines is 2. The minimum atomic E-state index is -0.776. The third kappa shape index (κ3) is 3.11. The van der Waals surface area contributed by atoms with Gasteiger partial charge in [-0.05, 0) is 36.2 Å². The molecule has 2 heterocycles. The number of ether oxygens (including phenoxy) is 1. The zero-order valence-electron chi connectivity index (χ0n) is 15.1. The number of para-hydroxylation sites is 1. The van der Waals surface area contributed by atoms with Crippen molar-refractivity contribution >= 4 is 33.5 Å².